The molecule has 1 rings (SSSR count). The maximum Gasteiger partial charge on any atom is 0.228 e. The highest BCUT2D eigenvalue weighted by Gasteiger charge is 2.49. The second-order valence-corrected chi connectivity index (χ2v) is 4.90. The van der Waals surface area contributed by atoms with Crippen LogP contribution in [0, 0.1) is 11.3 Å². The number of nitrogens with two attached hydrogens (primary N) is 1. The third-order valence-electron chi connectivity index (χ3n) is 3.65. The van der Waals surface area contributed by atoms with Gasteiger partial charge in [0.25, 0.3) is 0 Å². The Hall–Kier alpha value is -1.32. The molecule has 0 aliphatic heterocycles. The van der Waals surface area contributed by atoms with Gasteiger partial charge in [0.15, 0.2) is 0 Å². The third-order valence-corrected chi connectivity index (χ3v) is 3.65. The van der Waals surface area contributed by atoms with Crippen molar-refractivity contribution in [1.82, 2.24) is 5.32 Å². The van der Waals surface area contributed by atoms with Crippen molar-refractivity contribution in [1.29, 1.82) is 0 Å². The Morgan fingerprint density at radius 1 is 1.41 bits per heavy atom. The highest BCUT2D eigenvalue weighted by Crippen LogP contribution is 2.46. The van der Waals surface area contributed by atoms with E-state index in [2.05, 4.69) is 11.9 Å². The molecule has 0 bridgehead atoms. The smallest absolute Gasteiger partial charge is 0.228 e. The third kappa shape index (κ3) is 2.51. The quantitative estimate of drug-likeness (QED) is 0.710. The van der Waals surface area contributed by atoms with Crippen molar-refractivity contribution in [2.24, 2.45) is 17.1 Å². The van der Waals surface area contributed by atoms with Crippen molar-refractivity contribution >= 4 is 11.8 Å². The molecule has 0 aromatic carbocycles. The number of hydrogen-bond donors (Lipinski definition) is 2. The van der Waals surface area contributed by atoms with E-state index in [9.17, 15) is 9.59 Å². The number of amides is 2. The summed E-state index contributed by atoms with van der Waals surface area (Å²) >= 11 is 0. The van der Waals surface area contributed by atoms with E-state index in [0.717, 1.165) is 18.4 Å². The van der Waals surface area contributed by atoms with Crippen LogP contribution in [0.3, 0.4) is 0 Å². The van der Waals surface area contributed by atoms with Gasteiger partial charge in [0.2, 0.25) is 11.8 Å². The van der Waals surface area contributed by atoms with Gasteiger partial charge in [-0.3, -0.25) is 9.59 Å². The zero-order valence-electron chi connectivity index (χ0n) is 10.7. The van der Waals surface area contributed by atoms with E-state index in [-0.39, 0.29) is 11.8 Å². The molecule has 4 heteroatoms. The molecule has 1 fully saturated rings. The maximum atomic E-state index is 12.1. The molecule has 4 nitrogen and oxygen atoms in total. The van der Waals surface area contributed by atoms with Crippen molar-refractivity contribution in [2.45, 2.75) is 39.5 Å². The lowest BCUT2D eigenvalue weighted by atomic mass is 9.70. The fourth-order valence-electron chi connectivity index (χ4n) is 2.91. The van der Waals surface area contributed by atoms with Gasteiger partial charge < -0.3 is 11.1 Å². The Morgan fingerprint density at radius 2 is 1.94 bits per heavy atom. The predicted molar refractivity (Wildman–Crippen MR) is 67.1 cm³/mol. The first-order chi connectivity index (χ1) is 7.95. The second-order valence-electron chi connectivity index (χ2n) is 4.90. The number of rotatable bonds is 5. The summed E-state index contributed by atoms with van der Waals surface area (Å²) < 4.78 is 0. The zero-order chi connectivity index (χ0) is 13.1. The van der Waals surface area contributed by atoms with Crippen LogP contribution in [0.2, 0.25) is 0 Å². The first-order valence-corrected chi connectivity index (χ1v) is 6.18. The highest BCUT2D eigenvalue weighted by atomic mass is 16.2. The minimum absolute atomic E-state index is 0.124. The summed E-state index contributed by atoms with van der Waals surface area (Å²) in [6.07, 6.45) is 3.28. The van der Waals surface area contributed by atoms with Crippen LogP contribution in [-0.4, -0.2) is 18.4 Å². The zero-order valence-corrected chi connectivity index (χ0v) is 10.7. The summed E-state index contributed by atoms with van der Waals surface area (Å²) in [5.74, 6) is -0.975. The van der Waals surface area contributed by atoms with E-state index in [1.807, 2.05) is 6.92 Å². The minimum Gasteiger partial charge on any atom is -0.369 e. The van der Waals surface area contributed by atoms with Gasteiger partial charge in [0.05, 0.1) is 11.3 Å². The Labute approximate surface area is 103 Å². The summed E-state index contributed by atoms with van der Waals surface area (Å²) in [5, 5.41) is 2.78. The first kappa shape index (κ1) is 13.7. The average Bonchev–Trinajstić information content (AvgIpc) is 2.67. The predicted octanol–water partition coefficient (Wildman–Crippen LogP) is 1.36. The lowest BCUT2D eigenvalue weighted by molar-refractivity contribution is -0.138. The highest BCUT2D eigenvalue weighted by molar-refractivity contribution is 5.91. The van der Waals surface area contributed by atoms with Crippen molar-refractivity contribution in [3.05, 3.63) is 12.2 Å². The van der Waals surface area contributed by atoms with Crippen LogP contribution >= 0.6 is 0 Å². The van der Waals surface area contributed by atoms with E-state index in [1.165, 1.54) is 0 Å². The van der Waals surface area contributed by atoms with E-state index < -0.39 is 11.3 Å². The molecule has 0 aromatic heterocycles. The van der Waals surface area contributed by atoms with Crippen LogP contribution < -0.4 is 11.1 Å². The van der Waals surface area contributed by atoms with Crippen molar-refractivity contribution < 1.29 is 9.59 Å². The van der Waals surface area contributed by atoms with Crippen LogP contribution in [0.15, 0.2) is 12.2 Å². The Balaban J connectivity index is 3.06. The van der Waals surface area contributed by atoms with Crippen LogP contribution in [0.25, 0.3) is 0 Å². The van der Waals surface area contributed by atoms with Gasteiger partial charge in [-0.2, -0.15) is 0 Å². The summed E-state index contributed by atoms with van der Waals surface area (Å²) in [6, 6.07) is 0. The number of primary amides is 1. The molecule has 0 saturated heterocycles. The fourth-order valence-corrected chi connectivity index (χ4v) is 2.91. The minimum atomic E-state index is -0.717. The molecule has 0 radical (unpaired) electrons. The summed E-state index contributed by atoms with van der Waals surface area (Å²) in [6.45, 7) is 8.07. The Morgan fingerprint density at radius 3 is 2.29 bits per heavy atom. The molecule has 1 atom stereocenters. The second kappa shape index (κ2) is 5.34. The molecule has 2 amide bonds. The molecule has 0 aromatic rings. The van der Waals surface area contributed by atoms with Crippen molar-refractivity contribution in [2.75, 3.05) is 6.54 Å². The SMILES string of the molecule is C=C(C)C(C(=O)NCC)C1(C(N)=O)CCCC1. The molecule has 0 heterocycles. The molecule has 1 unspecified atom stereocenters. The van der Waals surface area contributed by atoms with Crippen molar-refractivity contribution in [3.8, 4) is 0 Å². The average molecular weight is 238 g/mol. The lowest BCUT2D eigenvalue weighted by Gasteiger charge is -2.34. The number of carbonyl (C=O) groups is 2. The van der Waals surface area contributed by atoms with E-state index in [4.69, 9.17) is 5.73 Å². The summed E-state index contributed by atoms with van der Waals surface area (Å²) in [4.78, 5) is 23.9. The monoisotopic (exact) mass is 238 g/mol. The molecular weight excluding hydrogens is 216 g/mol. The topological polar surface area (TPSA) is 72.2 Å². The van der Waals surface area contributed by atoms with Crippen molar-refractivity contribution in [3.63, 3.8) is 0 Å². The van der Waals surface area contributed by atoms with Gasteiger partial charge in [0, 0.05) is 6.54 Å². The standard InChI is InChI=1S/C13H22N2O2/c1-4-15-11(16)10(9(2)3)13(12(14)17)7-5-6-8-13/h10H,2,4-8H2,1,3H3,(H2,14,17)(H,15,16). The van der Waals surface area contributed by atoms with Gasteiger partial charge in [-0.1, -0.05) is 25.0 Å². The molecule has 1 saturated carbocycles. The number of nitrogens with one attached hydrogen (secondary N) is 1. The summed E-state index contributed by atoms with van der Waals surface area (Å²) in [5.41, 5.74) is 5.55. The molecular formula is C13H22N2O2. The van der Waals surface area contributed by atoms with E-state index in [1.54, 1.807) is 6.92 Å². The molecule has 1 aliphatic carbocycles. The van der Waals surface area contributed by atoms with Crippen LogP contribution in [-0.2, 0) is 9.59 Å². The normalized spacial score (nSPS) is 19.6. The molecule has 17 heavy (non-hydrogen) atoms. The lowest BCUT2D eigenvalue weighted by Crippen LogP contribution is -2.48. The van der Waals surface area contributed by atoms with E-state index >= 15 is 0 Å². The van der Waals surface area contributed by atoms with Gasteiger partial charge in [-0.25, -0.2) is 0 Å². The van der Waals surface area contributed by atoms with Gasteiger partial charge >= 0.3 is 0 Å². The van der Waals surface area contributed by atoms with Crippen LogP contribution in [0.4, 0.5) is 0 Å². The largest absolute Gasteiger partial charge is 0.369 e. The van der Waals surface area contributed by atoms with Gasteiger partial charge in [-0.15, -0.1) is 0 Å². The first-order valence-electron chi connectivity index (χ1n) is 6.18. The fraction of sp³-hybridized carbons (Fsp3) is 0.692. The molecule has 0 spiro atoms. The molecule has 1 aliphatic rings. The van der Waals surface area contributed by atoms with Gasteiger partial charge in [0.1, 0.15) is 0 Å². The Bertz CT molecular complexity index is 330. The molecule has 3 N–H and O–H groups in total. The number of carbonyl (C=O) groups excluding carboxylic acids is 2. The molecule has 96 valence electrons. The maximum absolute atomic E-state index is 12.1. The Kier molecular flexibility index (Phi) is 4.32. The van der Waals surface area contributed by atoms with Crippen LogP contribution in [0.1, 0.15) is 39.5 Å². The van der Waals surface area contributed by atoms with E-state index in [0.29, 0.717) is 19.4 Å². The van der Waals surface area contributed by atoms with Crippen LogP contribution in [0.5, 0.6) is 0 Å². The number of hydrogen-bond acceptors (Lipinski definition) is 2. The van der Waals surface area contributed by atoms with Gasteiger partial charge in [-0.05, 0) is 26.7 Å². The summed E-state index contributed by atoms with van der Waals surface area (Å²) in [7, 11) is 0.